The molecular formula is C23H21FN4O2S. The van der Waals surface area contributed by atoms with Crippen LogP contribution in [0.2, 0.25) is 0 Å². The number of hydrogen-bond donors (Lipinski definition) is 0. The van der Waals surface area contributed by atoms with Gasteiger partial charge in [0.25, 0.3) is 0 Å². The molecule has 2 aromatic heterocycles. The monoisotopic (exact) mass is 436 g/mol. The molecule has 158 valence electrons. The Kier molecular flexibility index (Phi) is 4.72. The van der Waals surface area contributed by atoms with Crippen LogP contribution in [0, 0.1) is 12.7 Å². The number of hydrogen-bond acceptors (Lipinski definition) is 4. The number of pyridine rings is 1. The number of carbonyl (C=O) groups excluding carboxylic acids is 1. The van der Waals surface area contributed by atoms with E-state index < -0.39 is 11.2 Å². The zero-order valence-electron chi connectivity index (χ0n) is 17.3. The van der Waals surface area contributed by atoms with Crippen LogP contribution in [0.3, 0.4) is 0 Å². The first-order valence-electron chi connectivity index (χ1n) is 10.5. The summed E-state index contributed by atoms with van der Waals surface area (Å²) in [5.74, 6) is -0.775. The minimum absolute atomic E-state index is 0.106. The Balaban J connectivity index is 1.78. The molecule has 5 rings (SSSR count). The minimum Gasteiger partial charge on any atom is -0.343 e. The summed E-state index contributed by atoms with van der Waals surface area (Å²) in [5, 5.41) is 4.18. The first-order chi connectivity index (χ1) is 14.9. The predicted molar refractivity (Wildman–Crippen MR) is 119 cm³/mol. The summed E-state index contributed by atoms with van der Waals surface area (Å²) >= 11 is 1.53. The third-order valence-corrected chi connectivity index (χ3v) is 7.58. The molecule has 0 aliphatic heterocycles. The van der Waals surface area contributed by atoms with Crippen molar-refractivity contribution in [3.05, 3.63) is 66.4 Å². The van der Waals surface area contributed by atoms with Gasteiger partial charge in [0.1, 0.15) is 5.82 Å². The van der Waals surface area contributed by atoms with E-state index in [0.717, 1.165) is 47.4 Å². The fraction of sp³-hybridized carbons (Fsp3) is 0.391. The summed E-state index contributed by atoms with van der Waals surface area (Å²) in [4.78, 5) is 29.9. The van der Waals surface area contributed by atoms with Crippen LogP contribution in [0.15, 0.2) is 28.2 Å². The molecule has 0 amide bonds. The first kappa shape index (κ1) is 20.0. The van der Waals surface area contributed by atoms with Crippen molar-refractivity contribution in [3.63, 3.8) is 0 Å². The number of carbonyl (C=O) groups is 1. The molecule has 0 spiro atoms. The number of fused-ring (bicyclic) bond motifs is 2. The maximum atomic E-state index is 15.4. The van der Waals surface area contributed by atoms with Gasteiger partial charge in [0, 0.05) is 37.9 Å². The lowest BCUT2D eigenvalue weighted by atomic mass is 9.93. The molecule has 0 N–H and O–H groups in total. The lowest BCUT2D eigenvalue weighted by Gasteiger charge is -2.17. The van der Waals surface area contributed by atoms with Gasteiger partial charge in [0.05, 0.1) is 17.1 Å². The van der Waals surface area contributed by atoms with Gasteiger partial charge in [-0.15, -0.1) is 11.3 Å². The van der Waals surface area contributed by atoms with Crippen LogP contribution in [-0.2, 0) is 6.42 Å². The van der Waals surface area contributed by atoms with E-state index in [0.29, 0.717) is 16.6 Å². The van der Waals surface area contributed by atoms with Crippen molar-refractivity contribution >= 4 is 28.0 Å². The van der Waals surface area contributed by atoms with Gasteiger partial charge in [-0.3, -0.25) is 9.59 Å². The first-order valence-corrected chi connectivity index (χ1v) is 11.3. The van der Waals surface area contributed by atoms with Gasteiger partial charge in [-0.25, -0.2) is 4.39 Å². The van der Waals surface area contributed by atoms with E-state index in [2.05, 4.69) is 10.0 Å². The molecule has 8 heteroatoms. The maximum Gasteiger partial charge on any atom is 0.200 e. The van der Waals surface area contributed by atoms with Crippen LogP contribution < -0.4 is 5.43 Å². The van der Waals surface area contributed by atoms with Crippen molar-refractivity contribution in [2.24, 2.45) is 5.11 Å². The Labute approximate surface area is 182 Å². The molecule has 31 heavy (non-hydrogen) atoms. The number of aromatic nitrogens is 1. The zero-order chi connectivity index (χ0) is 21.9. The lowest BCUT2D eigenvalue weighted by molar-refractivity contribution is 0.101. The Hall–Kier alpha value is -2.96. The van der Waals surface area contributed by atoms with Crippen molar-refractivity contribution in [2.45, 2.75) is 58.0 Å². The Morgan fingerprint density at radius 2 is 2.10 bits per heavy atom. The molecule has 1 aromatic carbocycles. The third kappa shape index (κ3) is 3.18. The molecule has 0 saturated heterocycles. The van der Waals surface area contributed by atoms with Gasteiger partial charge in [-0.1, -0.05) is 5.11 Å². The SMILES string of the molecule is CC(=O)c1cn(C2CC2)c2c(C)c(-c3cc4c(s3)CCCC4N=[N+]=[N-])c(F)cc2c1=O. The molecular weight excluding hydrogens is 415 g/mol. The predicted octanol–water partition coefficient (Wildman–Crippen LogP) is 6.40. The van der Waals surface area contributed by atoms with Crippen molar-refractivity contribution < 1.29 is 9.18 Å². The highest BCUT2D eigenvalue weighted by molar-refractivity contribution is 7.15. The highest BCUT2D eigenvalue weighted by Gasteiger charge is 2.29. The second kappa shape index (κ2) is 7.32. The van der Waals surface area contributed by atoms with E-state index >= 15 is 4.39 Å². The van der Waals surface area contributed by atoms with E-state index in [1.165, 1.54) is 24.3 Å². The van der Waals surface area contributed by atoms with Gasteiger partial charge in [-0.05, 0) is 74.7 Å². The number of aryl methyl sites for hydroxylation is 2. The molecule has 1 unspecified atom stereocenters. The van der Waals surface area contributed by atoms with E-state index in [-0.39, 0.29) is 28.8 Å². The molecule has 3 aromatic rings. The van der Waals surface area contributed by atoms with E-state index in [1.54, 1.807) is 6.20 Å². The molecule has 2 heterocycles. The van der Waals surface area contributed by atoms with Crippen LogP contribution in [0.1, 0.15) is 71.1 Å². The zero-order valence-corrected chi connectivity index (χ0v) is 18.1. The molecule has 1 atom stereocenters. The fourth-order valence-electron chi connectivity index (χ4n) is 4.71. The highest BCUT2D eigenvalue weighted by Crippen LogP contribution is 2.45. The second-order valence-electron chi connectivity index (χ2n) is 8.42. The van der Waals surface area contributed by atoms with Crippen molar-refractivity contribution in [2.75, 3.05) is 0 Å². The molecule has 6 nitrogen and oxygen atoms in total. The summed E-state index contributed by atoms with van der Waals surface area (Å²) in [7, 11) is 0. The smallest absolute Gasteiger partial charge is 0.200 e. The number of rotatable bonds is 4. The number of thiophene rings is 1. The average molecular weight is 437 g/mol. The van der Waals surface area contributed by atoms with Crippen molar-refractivity contribution in [3.8, 4) is 10.4 Å². The van der Waals surface area contributed by atoms with Crippen LogP contribution in [0.25, 0.3) is 31.8 Å². The largest absolute Gasteiger partial charge is 0.343 e. The number of benzene rings is 1. The summed E-state index contributed by atoms with van der Waals surface area (Å²) in [6.45, 7) is 3.21. The highest BCUT2D eigenvalue weighted by atomic mass is 32.1. The van der Waals surface area contributed by atoms with Crippen LogP contribution in [-0.4, -0.2) is 10.4 Å². The quantitative estimate of drug-likeness (QED) is 0.205. The Bertz CT molecular complexity index is 1360. The normalized spacial score (nSPS) is 18.0. The number of azide groups is 1. The van der Waals surface area contributed by atoms with E-state index in [9.17, 15) is 9.59 Å². The molecule has 2 aliphatic rings. The average Bonchev–Trinajstić information content (AvgIpc) is 3.48. The molecule has 0 radical (unpaired) electrons. The van der Waals surface area contributed by atoms with Crippen LogP contribution >= 0.6 is 11.3 Å². The molecule has 1 fully saturated rings. The second-order valence-corrected chi connectivity index (χ2v) is 9.56. The summed E-state index contributed by atoms with van der Waals surface area (Å²) in [6.07, 6.45) is 6.22. The minimum atomic E-state index is -0.468. The molecule has 2 aliphatic carbocycles. The van der Waals surface area contributed by atoms with Gasteiger partial charge in [0.2, 0.25) is 0 Å². The Morgan fingerprint density at radius 3 is 2.77 bits per heavy atom. The molecule has 1 saturated carbocycles. The van der Waals surface area contributed by atoms with Gasteiger partial charge >= 0.3 is 0 Å². The van der Waals surface area contributed by atoms with E-state index in [4.69, 9.17) is 5.53 Å². The summed E-state index contributed by atoms with van der Waals surface area (Å²) in [5.41, 5.74) is 11.5. The van der Waals surface area contributed by atoms with E-state index in [1.807, 2.05) is 17.6 Å². The number of Topliss-reactive ketones (excluding diaryl/α,β-unsaturated/α-hetero) is 1. The number of ketones is 1. The molecule has 0 bridgehead atoms. The standard InChI is InChI=1S/C23H21FN4O2S/c1-11-21(20-9-14-18(26-27-25)4-3-5-19(14)31-20)17(24)8-15-22(11)28(13-6-7-13)10-16(12(2)29)23(15)30/h8-10,13,18H,3-7H2,1-2H3. The van der Waals surface area contributed by atoms with Gasteiger partial charge in [0.15, 0.2) is 11.2 Å². The summed E-state index contributed by atoms with van der Waals surface area (Å²) < 4.78 is 17.4. The maximum absolute atomic E-state index is 15.4. The lowest BCUT2D eigenvalue weighted by Crippen LogP contribution is -2.18. The van der Waals surface area contributed by atoms with Crippen LogP contribution in [0.4, 0.5) is 4.39 Å². The Morgan fingerprint density at radius 1 is 1.32 bits per heavy atom. The third-order valence-electron chi connectivity index (χ3n) is 6.35. The van der Waals surface area contributed by atoms with Gasteiger partial charge < -0.3 is 4.57 Å². The number of halogens is 1. The topological polar surface area (TPSA) is 87.8 Å². The fourth-order valence-corrected chi connectivity index (χ4v) is 6.07. The van der Waals surface area contributed by atoms with Crippen molar-refractivity contribution in [1.82, 2.24) is 4.57 Å². The van der Waals surface area contributed by atoms with Crippen molar-refractivity contribution in [1.29, 1.82) is 0 Å². The van der Waals surface area contributed by atoms with Crippen LogP contribution in [0.5, 0.6) is 0 Å². The summed E-state index contributed by atoms with van der Waals surface area (Å²) in [6, 6.07) is 3.24. The van der Waals surface area contributed by atoms with Gasteiger partial charge in [-0.2, -0.15) is 0 Å². The number of nitrogens with zero attached hydrogens (tertiary/aromatic N) is 4.